The smallest absolute Gasteiger partial charge is 0.329 e. The Balaban J connectivity index is 2.22. The quantitative estimate of drug-likeness (QED) is 0.859. The molecule has 1 aromatic rings. The second-order valence-electron chi connectivity index (χ2n) is 5.01. The molecule has 0 saturated heterocycles. The minimum atomic E-state index is -1.05. The first-order valence-electron chi connectivity index (χ1n) is 6.08. The van der Waals surface area contributed by atoms with Gasteiger partial charge in [-0.15, -0.1) is 0 Å². The lowest BCUT2D eigenvalue weighted by atomic mass is 9.76. The summed E-state index contributed by atoms with van der Waals surface area (Å²) in [6.45, 7) is 3.76. The Labute approximate surface area is 106 Å². The normalized spacial score (nSPS) is 16.8. The fourth-order valence-corrected chi connectivity index (χ4v) is 2.19. The Morgan fingerprint density at radius 2 is 1.94 bits per heavy atom. The minimum Gasteiger partial charge on any atom is -0.480 e. The van der Waals surface area contributed by atoms with E-state index in [-0.39, 0.29) is 5.91 Å². The summed E-state index contributed by atoms with van der Waals surface area (Å²) in [5, 5.41) is 11.9. The molecule has 0 heterocycles. The number of rotatable bonds is 3. The third-order valence-electron chi connectivity index (χ3n) is 3.61. The van der Waals surface area contributed by atoms with Gasteiger partial charge in [0.2, 0.25) is 0 Å². The molecule has 0 atom stereocenters. The molecule has 1 amide bonds. The van der Waals surface area contributed by atoms with Crippen LogP contribution in [-0.2, 0) is 4.79 Å². The monoisotopic (exact) mass is 247 g/mol. The van der Waals surface area contributed by atoms with Gasteiger partial charge in [-0.2, -0.15) is 0 Å². The van der Waals surface area contributed by atoms with Crippen molar-refractivity contribution in [2.45, 2.75) is 38.6 Å². The van der Waals surface area contributed by atoms with Gasteiger partial charge < -0.3 is 10.4 Å². The molecule has 2 rings (SSSR count). The highest BCUT2D eigenvalue weighted by atomic mass is 16.4. The van der Waals surface area contributed by atoms with Crippen molar-refractivity contribution in [3.05, 3.63) is 34.9 Å². The third kappa shape index (κ3) is 2.10. The second kappa shape index (κ2) is 4.44. The van der Waals surface area contributed by atoms with E-state index < -0.39 is 11.5 Å². The van der Waals surface area contributed by atoms with Crippen molar-refractivity contribution in [3.8, 4) is 0 Å². The van der Waals surface area contributed by atoms with Crippen LogP contribution in [0.4, 0.5) is 0 Å². The summed E-state index contributed by atoms with van der Waals surface area (Å²) in [7, 11) is 0. The van der Waals surface area contributed by atoms with Gasteiger partial charge in [0.1, 0.15) is 5.54 Å². The van der Waals surface area contributed by atoms with E-state index in [2.05, 4.69) is 5.32 Å². The van der Waals surface area contributed by atoms with Crippen LogP contribution in [-0.4, -0.2) is 22.5 Å². The molecule has 0 aliphatic heterocycles. The van der Waals surface area contributed by atoms with Gasteiger partial charge in [0.15, 0.2) is 0 Å². The number of carbonyl (C=O) groups excluding carboxylic acids is 1. The number of carbonyl (C=O) groups is 2. The lowest BCUT2D eigenvalue weighted by molar-refractivity contribution is -0.148. The first kappa shape index (κ1) is 12.6. The maximum Gasteiger partial charge on any atom is 0.329 e. The number of nitrogens with one attached hydrogen (secondary N) is 1. The van der Waals surface area contributed by atoms with E-state index >= 15 is 0 Å². The molecule has 0 radical (unpaired) electrons. The zero-order valence-corrected chi connectivity index (χ0v) is 10.6. The molecule has 0 aromatic heterocycles. The lowest BCUT2D eigenvalue weighted by Crippen LogP contribution is -2.59. The average Bonchev–Trinajstić information content (AvgIpc) is 2.26. The van der Waals surface area contributed by atoms with Gasteiger partial charge in [0.05, 0.1) is 0 Å². The molecule has 0 bridgehead atoms. The molecular formula is C14H17NO3. The van der Waals surface area contributed by atoms with Crippen LogP contribution in [0, 0.1) is 13.8 Å². The predicted molar refractivity (Wildman–Crippen MR) is 67.6 cm³/mol. The number of aryl methyl sites for hydroxylation is 2. The van der Waals surface area contributed by atoms with Crippen LogP contribution < -0.4 is 5.32 Å². The van der Waals surface area contributed by atoms with E-state index in [1.165, 1.54) is 0 Å². The topological polar surface area (TPSA) is 66.4 Å². The summed E-state index contributed by atoms with van der Waals surface area (Å²) in [6, 6.07) is 5.60. The molecule has 2 N–H and O–H groups in total. The first-order valence-corrected chi connectivity index (χ1v) is 6.08. The largest absolute Gasteiger partial charge is 0.480 e. The number of aliphatic carboxylic acids is 1. The van der Waals surface area contributed by atoms with Crippen molar-refractivity contribution in [2.75, 3.05) is 0 Å². The molecule has 1 fully saturated rings. The average molecular weight is 247 g/mol. The minimum absolute atomic E-state index is 0.293. The Bertz CT molecular complexity index is 504. The molecule has 1 saturated carbocycles. The van der Waals surface area contributed by atoms with Crippen molar-refractivity contribution in [1.29, 1.82) is 0 Å². The molecular weight excluding hydrogens is 230 g/mol. The van der Waals surface area contributed by atoms with E-state index in [1.54, 1.807) is 6.07 Å². The van der Waals surface area contributed by atoms with Gasteiger partial charge in [-0.05, 0) is 44.7 Å². The molecule has 4 nitrogen and oxygen atoms in total. The van der Waals surface area contributed by atoms with Crippen LogP contribution in [0.15, 0.2) is 18.2 Å². The van der Waals surface area contributed by atoms with Crippen LogP contribution in [0.1, 0.15) is 40.7 Å². The van der Waals surface area contributed by atoms with Gasteiger partial charge >= 0.3 is 5.97 Å². The Hall–Kier alpha value is -1.84. The van der Waals surface area contributed by atoms with E-state index in [1.807, 2.05) is 26.0 Å². The predicted octanol–water partition coefficient (Wildman–Crippen LogP) is 2.04. The number of carboxylic acids is 1. The van der Waals surface area contributed by atoms with Crippen molar-refractivity contribution < 1.29 is 14.7 Å². The summed E-state index contributed by atoms with van der Waals surface area (Å²) < 4.78 is 0. The maximum atomic E-state index is 12.2. The molecule has 18 heavy (non-hydrogen) atoms. The summed E-state index contributed by atoms with van der Waals surface area (Å²) in [4.78, 5) is 23.4. The highest BCUT2D eigenvalue weighted by Crippen LogP contribution is 2.32. The highest BCUT2D eigenvalue weighted by molar-refractivity contribution is 5.99. The SMILES string of the molecule is Cc1ccc(C)c(C(=O)NC2(C(=O)O)CCC2)c1. The van der Waals surface area contributed by atoms with Crippen molar-refractivity contribution in [3.63, 3.8) is 0 Å². The molecule has 4 heteroatoms. The lowest BCUT2D eigenvalue weighted by Gasteiger charge is -2.38. The Morgan fingerprint density at radius 1 is 1.28 bits per heavy atom. The van der Waals surface area contributed by atoms with Crippen molar-refractivity contribution in [1.82, 2.24) is 5.32 Å². The van der Waals surface area contributed by atoms with Crippen molar-refractivity contribution >= 4 is 11.9 Å². The first-order chi connectivity index (χ1) is 8.44. The van der Waals surface area contributed by atoms with Crippen LogP contribution in [0.3, 0.4) is 0 Å². The van der Waals surface area contributed by atoms with Gasteiger partial charge in [-0.3, -0.25) is 4.79 Å². The number of hydrogen-bond acceptors (Lipinski definition) is 2. The molecule has 1 aliphatic carbocycles. The number of carboxylic acid groups (broad SMARTS) is 1. The van der Waals surface area contributed by atoms with E-state index in [0.29, 0.717) is 18.4 Å². The molecule has 1 aromatic carbocycles. The fraction of sp³-hybridized carbons (Fsp3) is 0.429. The Kier molecular flexibility index (Phi) is 3.11. The zero-order valence-electron chi connectivity index (χ0n) is 10.6. The summed E-state index contributed by atoms with van der Waals surface area (Å²) >= 11 is 0. The summed E-state index contributed by atoms with van der Waals surface area (Å²) in [6.07, 6.45) is 1.87. The Morgan fingerprint density at radius 3 is 2.44 bits per heavy atom. The van der Waals surface area contributed by atoms with E-state index in [4.69, 9.17) is 0 Å². The fourth-order valence-electron chi connectivity index (χ4n) is 2.19. The van der Waals surface area contributed by atoms with Crippen LogP contribution >= 0.6 is 0 Å². The molecule has 96 valence electrons. The summed E-state index contributed by atoms with van der Waals surface area (Å²) in [5.41, 5.74) is 1.36. The number of benzene rings is 1. The number of hydrogen-bond donors (Lipinski definition) is 2. The number of amides is 1. The van der Waals surface area contributed by atoms with Gasteiger partial charge in [-0.1, -0.05) is 17.7 Å². The van der Waals surface area contributed by atoms with Crippen LogP contribution in [0.5, 0.6) is 0 Å². The van der Waals surface area contributed by atoms with Crippen LogP contribution in [0.25, 0.3) is 0 Å². The second-order valence-corrected chi connectivity index (χ2v) is 5.01. The van der Waals surface area contributed by atoms with Gasteiger partial charge in [-0.25, -0.2) is 4.79 Å². The standard InChI is InChI=1S/C14H17NO3/c1-9-4-5-10(2)11(8-9)12(16)15-14(13(17)18)6-3-7-14/h4-5,8H,3,6-7H2,1-2H3,(H,15,16)(H,17,18). The maximum absolute atomic E-state index is 12.2. The van der Waals surface area contributed by atoms with Gasteiger partial charge in [0, 0.05) is 5.56 Å². The van der Waals surface area contributed by atoms with Gasteiger partial charge in [0.25, 0.3) is 5.91 Å². The van der Waals surface area contributed by atoms with E-state index in [9.17, 15) is 14.7 Å². The third-order valence-corrected chi connectivity index (χ3v) is 3.61. The van der Waals surface area contributed by atoms with Crippen molar-refractivity contribution in [2.24, 2.45) is 0 Å². The summed E-state index contributed by atoms with van der Waals surface area (Å²) in [5.74, 6) is -1.23. The highest BCUT2D eigenvalue weighted by Gasteiger charge is 2.45. The van der Waals surface area contributed by atoms with Crippen LogP contribution in [0.2, 0.25) is 0 Å². The molecule has 1 aliphatic rings. The van der Waals surface area contributed by atoms with E-state index in [0.717, 1.165) is 17.5 Å². The molecule has 0 unspecified atom stereocenters. The zero-order chi connectivity index (χ0) is 13.3. The molecule has 0 spiro atoms.